The third-order valence-electron chi connectivity index (χ3n) is 6.75. The highest BCUT2D eigenvalue weighted by atomic mass is 16.8. The van der Waals surface area contributed by atoms with Gasteiger partial charge in [-0.3, -0.25) is 0 Å². The van der Waals surface area contributed by atoms with Gasteiger partial charge in [0.25, 0.3) is 0 Å². The van der Waals surface area contributed by atoms with Crippen LogP contribution in [0.25, 0.3) is 0 Å². The predicted molar refractivity (Wildman–Crippen MR) is 89.1 cm³/mol. The van der Waals surface area contributed by atoms with Crippen molar-refractivity contribution < 1.29 is 33.9 Å². The van der Waals surface area contributed by atoms with E-state index in [0.29, 0.717) is 6.61 Å². The van der Waals surface area contributed by atoms with Crippen molar-refractivity contribution in [1.29, 1.82) is 0 Å². The lowest BCUT2D eigenvalue weighted by molar-refractivity contribution is -0.284. The van der Waals surface area contributed by atoms with Gasteiger partial charge in [-0.2, -0.15) is 0 Å². The van der Waals surface area contributed by atoms with Gasteiger partial charge in [-0.25, -0.2) is 0 Å². The monoisotopic (exact) mass is 370 g/mol. The molecule has 5 rings (SSSR count). The first kappa shape index (κ1) is 17.8. The van der Waals surface area contributed by atoms with Gasteiger partial charge in [0.05, 0.1) is 6.61 Å². The highest BCUT2D eigenvalue weighted by Crippen LogP contribution is 2.47. The predicted octanol–water partition coefficient (Wildman–Crippen LogP) is 1.58. The molecule has 26 heavy (non-hydrogen) atoms. The molecule has 2 saturated carbocycles. The quantitative estimate of drug-likeness (QED) is 0.725. The van der Waals surface area contributed by atoms with Crippen LogP contribution in [0.3, 0.4) is 0 Å². The molecular weight excluding hydrogens is 340 g/mol. The number of hydrogen-bond donors (Lipinski definition) is 2. The molecule has 3 unspecified atom stereocenters. The first-order valence-electron chi connectivity index (χ1n) is 10.3. The Hall–Kier alpha value is -0.280. The minimum Gasteiger partial charge on any atom is -0.385 e. The van der Waals surface area contributed by atoms with Crippen molar-refractivity contribution in [3.8, 4) is 0 Å². The van der Waals surface area contributed by atoms with Crippen LogP contribution in [0.15, 0.2) is 0 Å². The molecular formula is C19H30O7. The molecule has 6 atom stereocenters. The fraction of sp³-hybridized carbons (Fsp3) is 1.00. The molecule has 0 aromatic carbocycles. The lowest BCUT2D eigenvalue weighted by Crippen LogP contribution is -2.60. The average Bonchev–Trinajstić information content (AvgIpc) is 3.22. The van der Waals surface area contributed by atoms with Gasteiger partial charge in [0, 0.05) is 25.7 Å². The van der Waals surface area contributed by atoms with Crippen LogP contribution in [0.1, 0.15) is 64.2 Å². The highest BCUT2D eigenvalue weighted by Gasteiger charge is 2.60. The second-order valence-corrected chi connectivity index (χ2v) is 8.56. The van der Waals surface area contributed by atoms with E-state index in [4.69, 9.17) is 23.7 Å². The summed E-state index contributed by atoms with van der Waals surface area (Å²) >= 11 is 0. The van der Waals surface area contributed by atoms with E-state index in [1.165, 1.54) is 12.8 Å². The van der Waals surface area contributed by atoms with E-state index >= 15 is 0 Å². The van der Waals surface area contributed by atoms with E-state index in [-0.39, 0.29) is 6.10 Å². The fourth-order valence-corrected chi connectivity index (χ4v) is 5.37. The topological polar surface area (TPSA) is 86.6 Å². The third-order valence-corrected chi connectivity index (χ3v) is 6.75. The average molecular weight is 370 g/mol. The lowest BCUT2D eigenvalue weighted by atomic mass is 9.93. The van der Waals surface area contributed by atoms with E-state index in [1.807, 2.05) is 0 Å². The van der Waals surface area contributed by atoms with Gasteiger partial charge in [0.1, 0.15) is 30.5 Å². The van der Waals surface area contributed by atoms with Crippen molar-refractivity contribution >= 4 is 0 Å². The van der Waals surface area contributed by atoms with Crippen LogP contribution in [0, 0.1) is 0 Å². The highest BCUT2D eigenvalue weighted by molar-refractivity contribution is 5.02. The van der Waals surface area contributed by atoms with Crippen molar-refractivity contribution in [3.05, 3.63) is 0 Å². The molecule has 148 valence electrons. The summed E-state index contributed by atoms with van der Waals surface area (Å²) in [4.78, 5) is 0. The zero-order chi connectivity index (χ0) is 17.8. The molecule has 2 aliphatic carbocycles. The third kappa shape index (κ3) is 2.92. The summed E-state index contributed by atoms with van der Waals surface area (Å²) in [5, 5.41) is 20.7. The number of aliphatic hydroxyl groups excluding tert-OH is 2. The number of fused-ring (bicyclic) bond motifs is 1. The Morgan fingerprint density at radius 1 is 0.654 bits per heavy atom. The molecule has 0 radical (unpaired) electrons. The minimum absolute atomic E-state index is 0.315. The van der Waals surface area contributed by atoms with Gasteiger partial charge in [-0.05, 0) is 25.7 Å². The molecule has 0 aromatic rings. The van der Waals surface area contributed by atoms with E-state index in [9.17, 15) is 10.2 Å². The second kappa shape index (κ2) is 6.65. The summed E-state index contributed by atoms with van der Waals surface area (Å²) in [5.41, 5.74) is 0. The first-order chi connectivity index (χ1) is 12.6. The number of hydrogen-bond acceptors (Lipinski definition) is 7. The van der Waals surface area contributed by atoms with Crippen LogP contribution < -0.4 is 0 Å². The first-order valence-corrected chi connectivity index (χ1v) is 10.3. The molecule has 5 fully saturated rings. The zero-order valence-corrected chi connectivity index (χ0v) is 15.2. The van der Waals surface area contributed by atoms with E-state index < -0.39 is 42.3 Å². The maximum Gasteiger partial charge on any atom is 0.184 e. The Balaban J connectivity index is 1.35. The summed E-state index contributed by atoms with van der Waals surface area (Å²) < 4.78 is 30.7. The van der Waals surface area contributed by atoms with Gasteiger partial charge in [0.2, 0.25) is 0 Å². The zero-order valence-electron chi connectivity index (χ0n) is 15.2. The van der Waals surface area contributed by atoms with Crippen LogP contribution in [0.4, 0.5) is 0 Å². The molecule has 3 saturated heterocycles. The summed E-state index contributed by atoms with van der Waals surface area (Å²) in [6.07, 6.45) is 5.90. The fourth-order valence-electron chi connectivity index (χ4n) is 5.37. The smallest absolute Gasteiger partial charge is 0.184 e. The Morgan fingerprint density at radius 2 is 1.27 bits per heavy atom. The maximum absolute atomic E-state index is 10.4. The number of aliphatic hydroxyl groups is 2. The van der Waals surface area contributed by atoms with Crippen LogP contribution in [-0.4, -0.2) is 65.2 Å². The number of rotatable bonds is 1. The summed E-state index contributed by atoms with van der Waals surface area (Å²) in [7, 11) is 0. The Labute approximate surface area is 153 Å². The molecule has 0 aromatic heterocycles. The van der Waals surface area contributed by atoms with Crippen molar-refractivity contribution in [3.63, 3.8) is 0 Å². The van der Waals surface area contributed by atoms with Crippen LogP contribution in [0.5, 0.6) is 0 Å². The molecule has 3 aliphatic heterocycles. The molecule has 0 amide bonds. The van der Waals surface area contributed by atoms with E-state index in [0.717, 1.165) is 51.4 Å². The Morgan fingerprint density at radius 3 is 1.96 bits per heavy atom. The van der Waals surface area contributed by atoms with Crippen LogP contribution in [0.2, 0.25) is 0 Å². The number of ether oxygens (including phenoxy) is 5. The molecule has 2 spiro atoms. The minimum atomic E-state index is -1.30. The van der Waals surface area contributed by atoms with Gasteiger partial charge in [-0.1, -0.05) is 12.8 Å². The standard InChI is InChI=1S/C19H30O7/c20-13-15-16(26-19(25-15)9-5-2-6-10-19)14(23-17(13)21)12-11-22-18(24-12)7-3-1-4-8-18/h12-17,20-21H,1-11H2/t12-,13?,14+,15?,16?,17-/m1/s1. The van der Waals surface area contributed by atoms with Crippen molar-refractivity contribution in [1.82, 2.24) is 0 Å². The molecule has 7 nitrogen and oxygen atoms in total. The Bertz CT molecular complexity index is 514. The Kier molecular flexibility index (Phi) is 4.55. The molecule has 5 aliphatic rings. The van der Waals surface area contributed by atoms with Gasteiger partial charge in [0.15, 0.2) is 17.9 Å². The van der Waals surface area contributed by atoms with Gasteiger partial charge < -0.3 is 33.9 Å². The molecule has 7 heteroatoms. The maximum atomic E-state index is 10.4. The molecule has 0 bridgehead atoms. The normalized spacial score (nSPS) is 47.3. The van der Waals surface area contributed by atoms with Crippen molar-refractivity contribution in [2.75, 3.05) is 6.61 Å². The summed E-state index contributed by atoms with van der Waals surface area (Å²) in [5.74, 6) is -1.16. The van der Waals surface area contributed by atoms with Crippen molar-refractivity contribution in [2.45, 2.75) is 113 Å². The molecule has 3 heterocycles. The van der Waals surface area contributed by atoms with Gasteiger partial charge >= 0.3 is 0 Å². The summed E-state index contributed by atoms with van der Waals surface area (Å²) in [6, 6.07) is 0. The molecule has 2 N–H and O–H groups in total. The lowest BCUT2D eigenvalue weighted by Gasteiger charge is -2.40. The van der Waals surface area contributed by atoms with Crippen LogP contribution in [-0.2, 0) is 23.7 Å². The van der Waals surface area contributed by atoms with E-state index in [1.54, 1.807) is 0 Å². The van der Waals surface area contributed by atoms with Crippen molar-refractivity contribution in [2.24, 2.45) is 0 Å². The summed E-state index contributed by atoms with van der Waals surface area (Å²) in [6.45, 7) is 0.424. The van der Waals surface area contributed by atoms with E-state index in [2.05, 4.69) is 0 Å². The van der Waals surface area contributed by atoms with Gasteiger partial charge in [-0.15, -0.1) is 0 Å². The second-order valence-electron chi connectivity index (χ2n) is 8.56. The largest absolute Gasteiger partial charge is 0.385 e. The van der Waals surface area contributed by atoms with Crippen LogP contribution >= 0.6 is 0 Å². The SMILES string of the molecule is OC1C2OC3(CCCCC3)OC2[C@H]([C@H]2COC3(CCCCC3)O2)O[C@H]1O.